The molecule has 4 heteroatoms. The van der Waals surface area contributed by atoms with E-state index in [1.165, 1.54) is 6.20 Å². The first kappa shape index (κ1) is 12.2. The highest BCUT2D eigenvalue weighted by Gasteiger charge is 2.11. The molecule has 0 aliphatic carbocycles. The average Bonchev–Trinajstić information content (AvgIpc) is 2.45. The Balaban J connectivity index is 2.20. The summed E-state index contributed by atoms with van der Waals surface area (Å²) in [5.74, 6) is 0.462. The minimum atomic E-state index is -0.148. The van der Waals surface area contributed by atoms with Gasteiger partial charge >= 0.3 is 0 Å². The molecular weight excluding hydrogens is 228 g/mol. The predicted octanol–water partition coefficient (Wildman–Crippen LogP) is 2.50. The number of ketones is 1. The lowest BCUT2D eigenvalue weighted by atomic mass is 10.1. The van der Waals surface area contributed by atoms with Gasteiger partial charge in [0.1, 0.15) is 11.4 Å². The summed E-state index contributed by atoms with van der Waals surface area (Å²) in [6, 6.07) is 6.93. The molecule has 0 aliphatic rings. The SMILES string of the molecule is CCCOc1cncc(C(=O)c2ccccn2)c1. The molecule has 2 aromatic heterocycles. The summed E-state index contributed by atoms with van der Waals surface area (Å²) in [5, 5.41) is 0. The van der Waals surface area contributed by atoms with E-state index < -0.39 is 0 Å². The van der Waals surface area contributed by atoms with Crippen molar-refractivity contribution < 1.29 is 9.53 Å². The van der Waals surface area contributed by atoms with Crippen LogP contribution in [0.15, 0.2) is 42.9 Å². The highest BCUT2D eigenvalue weighted by molar-refractivity contribution is 6.07. The Kier molecular flexibility index (Phi) is 4.02. The number of carbonyl (C=O) groups excluding carboxylic acids is 1. The second-order valence-corrected chi connectivity index (χ2v) is 3.80. The van der Waals surface area contributed by atoms with Crippen molar-refractivity contribution in [3.05, 3.63) is 54.1 Å². The van der Waals surface area contributed by atoms with Crippen LogP contribution in [0.2, 0.25) is 0 Å². The molecule has 2 heterocycles. The number of carbonyl (C=O) groups is 1. The number of aromatic nitrogens is 2. The third-order valence-corrected chi connectivity index (χ3v) is 2.35. The topological polar surface area (TPSA) is 52.1 Å². The molecule has 0 saturated carbocycles. The van der Waals surface area contributed by atoms with Crippen molar-refractivity contribution >= 4 is 5.78 Å². The normalized spacial score (nSPS) is 10.1. The van der Waals surface area contributed by atoms with Gasteiger partial charge in [0, 0.05) is 18.0 Å². The van der Waals surface area contributed by atoms with Gasteiger partial charge in [-0.25, -0.2) is 0 Å². The van der Waals surface area contributed by atoms with Gasteiger partial charge in [0.05, 0.1) is 12.8 Å². The highest BCUT2D eigenvalue weighted by Crippen LogP contribution is 2.14. The molecular formula is C14H14N2O2. The number of ether oxygens (including phenoxy) is 1. The van der Waals surface area contributed by atoms with Crippen LogP contribution < -0.4 is 4.74 Å². The Hall–Kier alpha value is -2.23. The van der Waals surface area contributed by atoms with Crippen LogP contribution in [0, 0.1) is 0 Å². The van der Waals surface area contributed by atoms with E-state index in [1.54, 1.807) is 36.7 Å². The summed E-state index contributed by atoms with van der Waals surface area (Å²) in [7, 11) is 0. The van der Waals surface area contributed by atoms with E-state index in [-0.39, 0.29) is 5.78 Å². The predicted molar refractivity (Wildman–Crippen MR) is 67.7 cm³/mol. The molecule has 0 aliphatic heterocycles. The monoisotopic (exact) mass is 242 g/mol. The van der Waals surface area contributed by atoms with E-state index in [1.807, 2.05) is 6.92 Å². The van der Waals surface area contributed by atoms with Gasteiger partial charge in [0.2, 0.25) is 5.78 Å². The molecule has 0 unspecified atom stereocenters. The average molecular weight is 242 g/mol. The fraction of sp³-hybridized carbons (Fsp3) is 0.214. The molecule has 0 aromatic carbocycles. The highest BCUT2D eigenvalue weighted by atomic mass is 16.5. The minimum Gasteiger partial charge on any atom is -0.492 e. The van der Waals surface area contributed by atoms with E-state index in [9.17, 15) is 4.79 Å². The quantitative estimate of drug-likeness (QED) is 0.756. The molecule has 92 valence electrons. The standard InChI is InChI=1S/C14H14N2O2/c1-2-7-18-12-8-11(9-15-10-12)14(17)13-5-3-4-6-16-13/h3-6,8-10H,2,7H2,1H3. The minimum absolute atomic E-state index is 0.148. The molecule has 0 bridgehead atoms. The summed E-state index contributed by atoms with van der Waals surface area (Å²) < 4.78 is 5.45. The Labute approximate surface area is 106 Å². The molecule has 0 fully saturated rings. The van der Waals surface area contributed by atoms with Crippen molar-refractivity contribution in [2.24, 2.45) is 0 Å². The Morgan fingerprint density at radius 3 is 2.94 bits per heavy atom. The van der Waals surface area contributed by atoms with Crippen molar-refractivity contribution in [3.63, 3.8) is 0 Å². The first-order valence-corrected chi connectivity index (χ1v) is 5.85. The summed E-state index contributed by atoms with van der Waals surface area (Å²) in [4.78, 5) is 20.2. The summed E-state index contributed by atoms with van der Waals surface area (Å²) in [5.41, 5.74) is 0.897. The number of hydrogen-bond acceptors (Lipinski definition) is 4. The Morgan fingerprint density at radius 1 is 1.33 bits per heavy atom. The summed E-state index contributed by atoms with van der Waals surface area (Å²) in [6.07, 6.45) is 5.64. The van der Waals surface area contributed by atoms with Gasteiger partial charge in [0.15, 0.2) is 0 Å². The lowest BCUT2D eigenvalue weighted by Crippen LogP contribution is -2.05. The number of hydrogen-bond donors (Lipinski definition) is 0. The largest absolute Gasteiger partial charge is 0.492 e. The second kappa shape index (κ2) is 5.91. The van der Waals surface area contributed by atoms with Crippen molar-refractivity contribution in [1.29, 1.82) is 0 Å². The Morgan fingerprint density at radius 2 is 2.22 bits per heavy atom. The van der Waals surface area contributed by atoms with Crippen LogP contribution in [0.25, 0.3) is 0 Å². The van der Waals surface area contributed by atoms with E-state index in [2.05, 4.69) is 9.97 Å². The van der Waals surface area contributed by atoms with Gasteiger partial charge in [-0.15, -0.1) is 0 Å². The van der Waals surface area contributed by atoms with E-state index >= 15 is 0 Å². The van der Waals surface area contributed by atoms with Crippen molar-refractivity contribution in [1.82, 2.24) is 9.97 Å². The maximum atomic E-state index is 12.1. The van der Waals surface area contributed by atoms with Crippen LogP contribution in [0.4, 0.5) is 0 Å². The zero-order valence-corrected chi connectivity index (χ0v) is 10.2. The van der Waals surface area contributed by atoms with Crippen molar-refractivity contribution in [2.75, 3.05) is 6.61 Å². The van der Waals surface area contributed by atoms with Gasteiger partial charge in [-0.1, -0.05) is 13.0 Å². The van der Waals surface area contributed by atoms with E-state index in [0.717, 1.165) is 6.42 Å². The number of rotatable bonds is 5. The molecule has 18 heavy (non-hydrogen) atoms. The van der Waals surface area contributed by atoms with Crippen LogP contribution in [0.3, 0.4) is 0 Å². The maximum Gasteiger partial charge on any atom is 0.213 e. The van der Waals surface area contributed by atoms with Crippen LogP contribution >= 0.6 is 0 Å². The van der Waals surface area contributed by atoms with Gasteiger partial charge in [-0.2, -0.15) is 0 Å². The van der Waals surface area contributed by atoms with E-state index in [0.29, 0.717) is 23.6 Å². The van der Waals surface area contributed by atoms with Gasteiger partial charge in [0.25, 0.3) is 0 Å². The zero-order valence-electron chi connectivity index (χ0n) is 10.2. The van der Waals surface area contributed by atoms with Gasteiger partial charge in [-0.05, 0) is 24.6 Å². The third-order valence-electron chi connectivity index (χ3n) is 2.35. The van der Waals surface area contributed by atoms with Crippen molar-refractivity contribution in [3.8, 4) is 5.75 Å². The third kappa shape index (κ3) is 2.91. The van der Waals surface area contributed by atoms with Crippen LogP contribution in [0.1, 0.15) is 29.4 Å². The van der Waals surface area contributed by atoms with Crippen LogP contribution in [-0.4, -0.2) is 22.4 Å². The maximum absolute atomic E-state index is 12.1. The first-order valence-electron chi connectivity index (χ1n) is 5.85. The van der Waals surface area contributed by atoms with Crippen molar-refractivity contribution in [2.45, 2.75) is 13.3 Å². The molecule has 2 rings (SSSR count). The molecule has 0 radical (unpaired) electrons. The molecule has 0 atom stereocenters. The summed E-state index contributed by atoms with van der Waals surface area (Å²) >= 11 is 0. The fourth-order valence-electron chi connectivity index (χ4n) is 1.49. The van der Waals surface area contributed by atoms with Crippen LogP contribution in [0.5, 0.6) is 5.75 Å². The lowest BCUT2D eigenvalue weighted by Gasteiger charge is -2.05. The molecule has 0 saturated heterocycles. The summed E-state index contributed by atoms with van der Waals surface area (Å²) in [6.45, 7) is 2.64. The smallest absolute Gasteiger partial charge is 0.213 e. The Bertz CT molecular complexity index is 526. The lowest BCUT2D eigenvalue weighted by molar-refractivity contribution is 0.103. The molecule has 4 nitrogen and oxygen atoms in total. The van der Waals surface area contributed by atoms with Crippen LogP contribution in [-0.2, 0) is 0 Å². The molecule has 0 N–H and O–H groups in total. The molecule has 0 spiro atoms. The number of nitrogens with zero attached hydrogens (tertiary/aromatic N) is 2. The second-order valence-electron chi connectivity index (χ2n) is 3.80. The number of pyridine rings is 2. The zero-order chi connectivity index (χ0) is 12.8. The molecule has 0 amide bonds. The first-order chi connectivity index (χ1) is 8.81. The van der Waals surface area contributed by atoms with Gasteiger partial charge in [-0.3, -0.25) is 14.8 Å². The molecule has 2 aromatic rings. The van der Waals surface area contributed by atoms with E-state index in [4.69, 9.17) is 4.74 Å². The fourth-order valence-corrected chi connectivity index (χ4v) is 1.49. The van der Waals surface area contributed by atoms with Gasteiger partial charge < -0.3 is 4.74 Å².